The van der Waals surface area contributed by atoms with Crippen LogP contribution < -0.4 is 10.2 Å². The number of anilines is 2. The second-order valence-electron chi connectivity index (χ2n) is 7.06. The molecule has 29 heavy (non-hydrogen) atoms. The molecule has 0 unspecified atom stereocenters. The number of fused-ring (bicyclic) bond motifs is 1. The number of hydrogen-bond acceptors (Lipinski definition) is 5. The molecule has 3 aromatic rings. The summed E-state index contributed by atoms with van der Waals surface area (Å²) in [6, 6.07) is 8.14. The SMILES string of the molecule is Cc1nnc2ccc(N3CCC[C@H](C(=O)Nc4ccc(C(F)(F)F)cc4)C3)nn12. The third-order valence-corrected chi connectivity index (χ3v) is 5.00. The molecule has 152 valence electrons. The largest absolute Gasteiger partial charge is 0.416 e. The Kier molecular flexibility index (Phi) is 4.85. The lowest BCUT2D eigenvalue weighted by Gasteiger charge is -2.32. The number of carbonyl (C=O) groups is 1. The van der Waals surface area contributed by atoms with Gasteiger partial charge in [0.05, 0.1) is 11.5 Å². The zero-order valence-electron chi connectivity index (χ0n) is 15.6. The van der Waals surface area contributed by atoms with Crippen molar-refractivity contribution in [2.45, 2.75) is 25.9 Å². The van der Waals surface area contributed by atoms with Gasteiger partial charge in [0.1, 0.15) is 5.82 Å². The molecule has 1 fully saturated rings. The fourth-order valence-electron chi connectivity index (χ4n) is 3.44. The Morgan fingerprint density at radius 2 is 1.90 bits per heavy atom. The van der Waals surface area contributed by atoms with E-state index in [9.17, 15) is 18.0 Å². The lowest BCUT2D eigenvalue weighted by Crippen LogP contribution is -2.41. The summed E-state index contributed by atoms with van der Waals surface area (Å²) in [6.07, 6.45) is -2.88. The first-order chi connectivity index (χ1) is 13.8. The Morgan fingerprint density at radius 3 is 2.62 bits per heavy atom. The van der Waals surface area contributed by atoms with E-state index in [1.807, 2.05) is 24.0 Å². The number of hydrogen-bond donors (Lipinski definition) is 1. The molecule has 1 amide bonds. The molecule has 2 aromatic heterocycles. The highest BCUT2D eigenvalue weighted by molar-refractivity contribution is 5.93. The third kappa shape index (κ3) is 4.01. The van der Waals surface area contributed by atoms with E-state index in [4.69, 9.17) is 0 Å². The first-order valence-electron chi connectivity index (χ1n) is 9.23. The van der Waals surface area contributed by atoms with Crippen LogP contribution in [0.3, 0.4) is 0 Å². The molecule has 1 N–H and O–H groups in total. The maximum atomic E-state index is 12.7. The van der Waals surface area contributed by atoms with Gasteiger partial charge in [-0.05, 0) is 56.2 Å². The van der Waals surface area contributed by atoms with Crippen molar-refractivity contribution in [2.24, 2.45) is 5.92 Å². The number of benzene rings is 1. The molecule has 7 nitrogen and oxygen atoms in total. The van der Waals surface area contributed by atoms with E-state index in [1.54, 1.807) is 4.52 Å². The highest BCUT2D eigenvalue weighted by Gasteiger charge is 2.30. The van der Waals surface area contributed by atoms with Gasteiger partial charge in [-0.3, -0.25) is 4.79 Å². The second kappa shape index (κ2) is 7.34. The fraction of sp³-hybridized carbons (Fsp3) is 0.368. The van der Waals surface area contributed by atoms with E-state index >= 15 is 0 Å². The van der Waals surface area contributed by atoms with Crippen LogP contribution in [0.15, 0.2) is 36.4 Å². The van der Waals surface area contributed by atoms with Crippen LogP contribution >= 0.6 is 0 Å². The van der Waals surface area contributed by atoms with Crippen LogP contribution in [-0.2, 0) is 11.0 Å². The van der Waals surface area contributed by atoms with Gasteiger partial charge in [0.25, 0.3) is 0 Å². The molecular formula is C19H19F3N6O. The average molecular weight is 404 g/mol. The molecule has 1 atom stereocenters. The summed E-state index contributed by atoms with van der Waals surface area (Å²) >= 11 is 0. The molecule has 10 heteroatoms. The number of alkyl halides is 3. The normalized spacial score (nSPS) is 17.5. The van der Waals surface area contributed by atoms with E-state index in [2.05, 4.69) is 20.6 Å². The standard InChI is InChI=1S/C19H19F3N6O/c1-12-24-25-16-8-9-17(26-28(12)16)27-10-2-3-13(11-27)18(29)23-15-6-4-14(5-7-15)19(20,21)22/h4-9,13H,2-3,10-11H2,1H3,(H,23,29)/t13-/m0/s1. The van der Waals surface area contributed by atoms with Crippen molar-refractivity contribution in [1.29, 1.82) is 0 Å². The van der Waals surface area contributed by atoms with Gasteiger partial charge < -0.3 is 10.2 Å². The molecule has 0 saturated carbocycles. The van der Waals surface area contributed by atoms with Crippen LogP contribution in [0.1, 0.15) is 24.2 Å². The molecule has 1 saturated heterocycles. The predicted molar refractivity (Wildman–Crippen MR) is 101 cm³/mol. The summed E-state index contributed by atoms with van der Waals surface area (Å²) < 4.78 is 39.7. The van der Waals surface area contributed by atoms with Gasteiger partial charge in [-0.1, -0.05) is 0 Å². The average Bonchev–Trinajstić information content (AvgIpc) is 3.08. The highest BCUT2D eigenvalue weighted by Crippen LogP contribution is 2.30. The van der Waals surface area contributed by atoms with Crippen molar-refractivity contribution in [1.82, 2.24) is 19.8 Å². The minimum Gasteiger partial charge on any atom is -0.354 e. The van der Waals surface area contributed by atoms with Gasteiger partial charge in [0, 0.05) is 18.8 Å². The smallest absolute Gasteiger partial charge is 0.354 e. The number of aryl methyl sites for hydroxylation is 1. The van der Waals surface area contributed by atoms with Crippen LogP contribution in [0, 0.1) is 12.8 Å². The first kappa shape index (κ1) is 19.2. The molecule has 0 bridgehead atoms. The van der Waals surface area contributed by atoms with Crippen molar-refractivity contribution in [3.05, 3.63) is 47.8 Å². The number of nitrogens with one attached hydrogen (secondary N) is 1. The van der Waals surface area contributed by atoms with Crippen molar-refractivity contribution < 1.29 is 18.0 Å². The molecule has 0 radical (unpaired) electrons. The number of amides is 1. The monoisotopic (exact) mass is 404 g/mol. The Hall–Kier alpha value is -3.17. The third-order valence-electron chi connectivity index (χ3n) is 5.00. The number of piperidine rings is 1. The minimum atomic E-state index is -4.40. The Balaban J connectivity index is 1.44. The number of rotatable bonds is 3. The minimum absolute atomic E-state index is 0.212. The number of halogens is 3. The zero-order valence-corrected chi connectivity index (χ0v) is 15.6. The maximum absolute atomic E-state index is 12.7. The summed E-state index contributed by atoms with van der Waals surface area (Å²) in [5.74, 6) is 0.907. The van der Waals surface area contributed by atoms with Crippen molar-refractivity contribution >= 4 is 23.1 Å². The summed E-state index contributed by atoms with van der Waals surface area (Å²) in [4.78, 5) is 14.7. The summed E-state index contributed by atoms with van der Waals surface area (Å²) in [7, 11) is 0. The van der Waals surface area contributed by atoms with Gasteiger partial charge in [0.15, 0.2) is 11.5 Å². The Labute approximate surface area is 164 Å². The maximum Gasteiger partial charge on any atom is 0.416 e. The van der Waals surface area contributed by atoms with Gasteiger partial charge in [-0.25, -0.2) is 0 Å². The van der Waals surface area contributed by atoms with Crippen LogP contribution in [0.25, 0.3) is 5.65 Å². The van der Waals surface area contributed by atoms with E-state index in [0.29, 0.717) is 30.1 Å². The summed E-state index contributed by atoms with van der Waals surface area (Å²) in [5, 5.41) is 15.3. The Bertz CT molecular complexity index is 1030. The summed E-state index contributed by atoms with van der Waals surface area (Å²) in [6.45, 7) is 3.06. The predicted octanol–water partition coefficient (Wildman–Crippen LogP) is 3.31. The molecular weight excluding hydrogens is 385 g/mol. The van der Waals surface area contributed by atoms with E-state index in [0.717, 1.165) is 30.9 Å². The molecule has 0 spiro atoms. The molecule has 1 aromatic carbocycles. The number of nitrogens with zero attached hydrogens (tertiary/aromatic N) is 5. The zero-order chi connectivity index (χ0) is 20.6. The van der Waals surface area contributed by atoms with Crippen molar-refractivity contribution in [3.63, 3.8) is 0 Å². The topological polar surface area (TPSA) is 75.4 Å². The van der Waals surface area contributed by atoms with Gasteiger partial charge in [0.2, 0.25) is 5.91 Å². The van der Waals surface area contributed by atoms with E-state index < -0.39 is 11.7 Å². The fourth-order valence-corrected chi connectivity index (χ4v) is 3.44. The molecule has 3 heterocycles. The lowest BCUT2D eigenvalue weighted by molar-refractivity contribution is -0.137. The number of aromatic nitrogens is 4. The first-order valence-corrected chi connectivity index (χ1v) is 9.23. The summed E-state index contributed by atoms with van der Waals surface area (Å²) in [5.41, 5.74) is 0.254. The van der Waals surface area contributed by atoms with Gasteiger partial charge in [-0.2, -0.15) is 17.7 Å². The molecule has 1 aliphatic heterocycles. The second-order valence-corrected chi connectivity index (χ2v) is 7.06. The Morgan fingerprint density at radius 1 is 1.14 bits per heavy atom. The molecule has 4 rings (SSSR count). The van der Waals surface area contributed by atoms with Crippen molar-refractivity contribution in [2.75, 3.05) is 23.3 Å². The van der Waals surface area contributed by atoms with Crippen LogP contribution in [0.4, 0.5) is 24.7 Å². The van der Waals surface area contributed by atoms with Crippen LogP contribution in [-0.4, -0.2) is 38.8 Å². The van der Waals surface area contributed by atoms with Crippen LogP contribution in [0.2, 0.25) is 0 Å². The van der Waals surface area contributed by atoms with E-state index in [-0.39, 0.29) is 11.8 Å². The lowest BCUT2D eigenvalue weighted by atomic mass is 9.97. The van der Waals surface area contributed by atoms with Gasteiger partial charge >= 0.3 is 6.18 Å². The molecule has 1 aliphatic rings. The highest BCUT2D eigenvalue weighted by atomic mass is 19.4. The molecule has 0 aliphatic carbocycles. The van der Waals surface area contributed by atoms with Crippen LogP contribution in [0.5, 0.6) is 0 Å². The quantitative estimate of drug-likeness (QED) is 0.725. The number of carbonyl (C=O) groups excluding carboxylic acids is 1. The van der Waals surface area contributed by atoms with Crippen molar-refractivity contribution in [3.8, 4) is 0 Å². The van der Waals surface area contributed by atoms with E-state index in [1.165, 1.54) is 12.1 Å². The van der Waals surface area contributed by atoms with Gasteiger partial charge in [-0.15, -0.1) is 15.3 Å².